The van der Waals surface area contributed by atoms with Crippen LogP contribution in [-0.2, 0) is 6.54 Å². The average Bonchev–Trinajstić information content (AvgIpc) is 2.89. The zero-order chi connectivity index (χ0) is 20.5. The molecule has 1 N–H and O–H groups in total. The van der Waals surface area contributed by atoms with Crippen molar-refractivity contribution in [3.8, 4) is 11.5 Å². The summed E-state index contributed by atoms with van der Waals surface area (Å²) in [5, 5.41) is 3.34. The van der Waals surface area contributed by atoms with E-state index in [1.165, 1.54) is 12.1 Å². The quantitative estimate of drug-likeness (QED) is 0.712. The minimum Gasteiger partial charge on any atom is -0.452 e. The van der Waals surface area contributed by atoms with E-state index in [-0.39, 0.29) is 5.91 Å². The van der Waals surface area contributed by atoms with E-state index < -0.39 is 5.82 Å². The highest BCUT2D eigenvalue weighted by Crippen LogP contribution is 2.44. The predicted octanol–water partition coefficient (Wildman–Crippen LogP) is 4.19. The van der Waals surface area contributed by atoms with Crippen molar-refractivity contribution in [2.24, 2.45) is 0 Å². The van der Waals surface area contributed by atoms with Crippen LogP contribution in [0.1, 0.15) is 15.9 Å². The van der Waals surface area contributed by atoms with E-state index >= 15 is 0 Å². The van der Waals surface area contributed by atoms with Gasteiger partial charge in [0.2, 0.25) is 0 Å². The summed E-state index contributed by atoms with van der Waals surface area (Å²) in [6.07, 6.45) is 0. The van der Waals surface area contributed by atoms with Crippen LogP contribution in [0.5, 0.6) is 11.5 Å². The van der Waals surface area contributed by atoms with Crippen molar-refractivity contribution in [1.82, 2.24) is 5.32 Å². The standard InChI is InChI=1S/C24H22FN3O2/c25-18-9-10-20-22(15-18)30-23-19(7-4-8-21(23)27-13-11-26-12-14-27)24(29)28(20)16-17-5-2-1-3-6-17/h1-10,15,26H,11-14,16H2. The van der Waals surface area contributed by atoms with Gasteiger partial charge in [-0.1, -0.05) is 36.4 Å². The Hall–Kier alpha value is -3.38. The zero-order valence-corrected chi connectivity index (χ0v) is 16.5. The van der Waals surface area contributed by atoms with Crippen molar-refractivity contribution >= 4 is 17.3 Å². The first kappa shape index (κ1) is 18.6. The molecule has 0 saturated carbocycles. The van der Waals surface area contributed by atoms with Crippen molar-refractivity contribution < 1.29 is 13.9 Å². The lowest BCUT2D eigenvalue weighted by Crippen LogP contribution is -2.43. The van der Waals surface area contributed by atoms with Crippen LogP contribution in [0.25, 0.3) is 0 Å². The second kappa shape index (κ2) is 7.80. The van der Waals surface area contributed by atoms with Crippen LogP contribution < -0.4 is 19.9 Å². The number of rotatable bonds is 3. The lowest BCUT2D eigenvalue weighted by atomic mass is 10.1. The second-order valence-corrected chi connectivity index (χ2v) is 7.48. The van der Waals surface area contributed by atoms with Crippen molar-refractivity contribution in [3.63, 3.8) is 0 Å². The SMILES string of the molecule is O=C1c2cccc(N3CCNCC3)c2Oc2cc(F)ccc2N1Cc1ccccc1. The van der Waals surface area contributed by atoms with Gasteiger partial charge in [0.05, 0.1) is 23.5 Å². The van der Waals surface area contributed by atoms with Gasteiger partial charge < -0.3 is 19.9 Å². The molecule has 0 radical (unpaired) electrons. The summed E-state index contributed by atoms with van der Waals surface area (Å²) in [6, 6.07) is 19.7. The lowest BCUT2D eigenvalue weighted by molar-refractivity contribution is 0.0985. The molecule has 3 aromatic rings. The first-order valence-corrected chi connectivity index (χ1v) is 10.1. The highest BCUT2D eigenvalue weighted by Gasteiger charge is 2.31. The maximum Gasteiger partial charge on any atom is 0.262 e. The minimum absolute atomic E-state index is 0.156. The Morgan fingerprint density at radius 3 is 2.53 bits per heavy atom. The molecule has 0 bridgehead atoms. The molecule has 152 valence electrons. The van der Waals surface area contributed by atoms with Crippen LogP contribution >= 0.6 is 0 Å². The summed E-state index contributed by atoms with van der Waals surface area (Å²) in [5.74, 6) is 0.285. The van der Waals surface area contributed by atoms with E-state index in [2.05, 4.69) is 10.2 Å². The number of amides is 1. The molecule has 2 heterocycles. The number of carbonyl (C=O) groups excluding carboxylic acids is 1. The Morgan fingerprint density at radius 1 is 0.933 bits per heavy atom. The molecule has 1 amide bonds. The molecule has 0 spiro atoms. The van der Waals surface area contributed by atoms with Gasteiger partial charge in [0.25, 0.3) is 5.91 Å². The van der Waals surface area contributed by atoms with Crippen LogP contribution in [0, 0.1) is 5.82 Å². The fourth-order valence-corrected chi connectivity index (χ4v) is 4.04. The maximum atomic E-state index is 14.1. The Kier molecular flexibility index (Phi) is 4.85. The molecule has 0 aromatic heterocycles. The molecule has 0 unspecified atom stereocenters. The number of benzene rings is 3. The number of ether oxygens (including phenoxy) is 1. The fourth-order valence-electron chi connectivity index (χ4n) is 4.04. The summed E-state index contributed by atoms with van der Waals surface area (Å²) < 4.78 is 20.3. The number of para-hydroxylation sites is 1. The third-order valence-electron chi connectivity index (χ3n) is 5.54. The third kappa shape index (κ3) is 3.39. The second-order valence-electron chi connectivity index (χ2n) is 7.48. The lowest BCUT2D eigenvalue weighted by Gasteiger charge is -2.31. The van der Waals surface area contributed by atoms with Gasteiger partial charge in [-0.3, -0.25) is 4.79 Å². The first-order chi connectivity index (χ1) is 14.7. The minimum atomic E-state index is -0.399. The molecule has 2 aliphatic rings. The number of nitrogens with zero attached hydrogens (tertiary/aromatic N) is 2. The normalized spacial score (nSPS) is 15.8. The topological polar surface area (TPSA) is 44.8 Å². The molecule has 1 saturated heterocycles. The summed E-state index contributed by atoms with van der Waals surface area (Å²) in [5.41, 5.74) is 2.90. The number of hydrogen-bond acceptors (Lipinski definition) is 4. The number of anilines is 2. The molecular weight excluding hydrogens is 381 g/mol. The van der Waals surface area contributed by atoms with Gasteiger partial charge >= 0.3 is 0 Å². The Balaban J connectivity index is 1.63. The third-order valence-corrected chi connectivity index (χ3v) is 5.54. The van der Waals surface area contributed by atoms with E-state index in [1.54, 1.807) is 17.0 Å². The van der Waals surface area contributed by atoms with Crippen LogP contribution in [0.3, 0.4) is 0 Å². The maximum absolute atomic E-state index is 14.1. The van der Waals surface area contributed by atoms with Crippen molar-refractivity contribution in [3.05, 3.63) is 83.7 Å². The van der Waals surface area contributed by atoms with Crippen molar-refractivity contribution in [2.75, 3.05) is 36.0 Å². The Labute approximate surface area is 174 Å². The molecule has 5 rings (SSSR count). The van der Waals surface area contributed by atoms with Crippen LogP contribution in [0.4, 0.5) is 15.8 Å². The Bertz CT molecular complexity index is 1080. The summed E-state index contributed by atoms with van der Waals surface area (Å²) in [6.45, 7) is 3.74. The van der Waals surface area contributed by atoms with Gasteiger partial charge in [0, 0.05) is 32.2 Å². The molecular formula is C24H22FN3O2. The van der Waals surface area contributed by atoms with Gasteiger partial charge in [0.1, 0.15) is 5.82 Å². The molecule has 0 atom stereocenters. The highest BCUT2D eigenvalue weighted by molar-refractivity contribution is 6.10. The number of carbonyl (C=O) groups is 1. The smallest absolute Gasteiger partial charge is 0.262 e. The van der Waals surface area contributed by atoms with Crippen LogP contribution in [0.15, 0.2) is 66.7 Å². The van der Waals surface area contributed by atoms with Gasteiger partial charge in [0.15, 0.2) is 11.5 Å². The summed E-state index contributed by atoms with van der Waals surface area (Å²) in [4.78, 5) is 17.5. The van der Waals surface area contributed by atoms with Crippen LogP contribution in [0.2, 0.25) is 0 Å². The first-order valence-electron chi connectivity index (χ1n) is 10.1. The van der Waals surface area contributed by atoms with Crippen molar-refractivity contribution in [1.29, 1.82) is 0 Å². The number of halogens is 1. The molecule has 3 aromatic carbocycles. The van der Waals surface area contributed by atoms with Gasteiger partial charge in [-0.15, -0.1) is 0 Å². The van der Waals surface area contributed by atoms with E-state index in [4.69, 9.17) is 4.74 Å². The molecule has 6 heteroatoms. The number of piperazine rings is 1. The van der Waals surface area contributed by atoms with Gasteiger partial charge in [-0.25, -0.2) is 4.39 Å². The molecule has 0 aliphatic carbocycles. The monoisotopic (exact) mass is 403 g/mol. The Morgan fingerprint density at radius 2 is 1.73 bits per heavy atom. The molecule has 30 heavy (non-hydrogen) atoms. The molecule has 1 fully saturated rings. The number of fused-ring (bicyclic) bond motifs is 2. The molecule has 5 nitrogen and oxygen atoms in total. The molecule has 2 aliphatic heterocycles. The van der Waals surface area contributed by atoms with Crippen molar-refractivity contribution in [2.45, 2.75) is 6.54 Å². The number of nitrogens with one attached hydrogen (secondary N) is 1. The van der Waals surface area contributed by atoms with Gasteiger partial charge in [-0.2, -0.15) is 0 Å². The van der Waals surface area contributed by atoms with Gasteiger partial charge in [-0.05, 0) is 29.8 Å². The van der Waals surface area contributed by atoms with E-state index in [0.717, 1.165) is 37.4 Å². The van der Waals surface area contributed by atoms with E-state index in [1.807, 2.05) is 42.5 Å². The largest absolute Gasteiger partial charge is 0.452 e. The number of hydrogen-bond donors (Lipinski definition) is 1. The fraction of sp³-hybridized carbons (Fsp3) is 0.208. The van der Waals surface area contributed by atoms with E-state index in [0.29, 0.717) is 29.3 Å². The summed E-state index contributed by atoms with van der Waals surface area (Å²) in [7, 11) is 0. The average molecular weight is 403 g/mol. The van der Waals surface area contributed by atoms with E-state index in [9.17, 15) is 9.18 Å². The zero-order valence-electron chi connectivity index (χ0n) is 16.5. The van der Waals surface area contributed by atoms with Crippen LogP contribution in [-0.4, -0.2) is 32.1 Å². The predicted molar refractivity (Wildman–Crippen MR) is 115 cm³/mol. The summed E-state index contributed by atoms with van der Waals surface area (Å²) >= 11 is 0. The highest BCUT2D eigenvalue weighted by atomic mass is 19.1.